The molecule has 1 saturated carbocycles. The molecule has 0 N–H and O–H groups in total. The molecule has 0 aromatic carbocycles. The number of anilines is 1. The molecule has 0 unspecified atom stereocenters. The van der Waals surface area contributed by atoms with Crippen LogP contribution >= 0.6 is 15.9 Å². The van der Waals surface area contributed by atoms with Crippen molar-refractivity contribution in [2.45, 2.75) is 30.4 Å². The summed E-state index contributed by atoms with van der Waals surface area (Å²) in [6.07, 6.45) is -0.805. The van der Waals surface area contributed by atoms with E-state index in [9.17, 15) is 13.2 Å². The van der Waals surface area contributed by atoms with Crippen molar-refractivity contribution < 1.29 is 13.2 Å². The van der Waals surface area contributed by atoms with Crippen LogP contribution in [0.1, 0.15) is 18.5 Å². The molecule has 2 aromatic rings. The average molecular weight is 348 g/mol. The second-order valence-corrected chi connectivity index (χ2v) is 5.48. The van der Waals surface area contributed by atoms with Gasteiger partial charge in [0.2, 0.25) is 0 Å². The number of fused-ring (bicyclic) bond motifs is 1. The molecule has 2 aromatic heterocycles. The van der Waals surface area contributed by atoms with E-state index in [1.165, 1.54) is 4.90 Å². The number of halogens is 4. The highest BCUT2D eigenvalue weighted by molar-refractivity contribution is 9.08. The van der Waals surface area contributed by atoms with Gasteiger partial charge in [0.1, 0.15) is 12.2 Å². The summed E-state index contributed by atoms with van der Waals surface area (Å²) < 4.78 is 40.2. The molecule has 108 valence electrons. The summed E-state index contributed by atoms with van der Waals surface area (Å²) >= 11 is 3.36. The molecule has 0 bridgehead atoms. The van der Waals surface area contributed by atoms with Crippen LogP contribution in [0.5, 0.6) is 0 Å². The van der Waals surface area contributed by atoms with Gasteiger partial charge in [0.15, 0.2) is 5.82 Å². The van der Waals surface area contributed by atoms with Gasteiger partial charge in [-0.15, -0.1) is 0 Å². The minimum absolute atomic E-state index is 0.0423. The SMILES string of the molecule is FC(F)(F)CN(c1nc2ccccn2c1CBr)C1CC1. The van der Waals surface area contributed by atoms with Crippen LogP contribution in [0, 0.1) is 0 Å². The highest BCUT2D eigenvalue weighted by Gasteiger charge is 2.40. The van der Waals surface area contributed by atoms with Crippen molar-refractivity contribution in [3.63, 3.8) is 0 Å². The van der Waals surface area contributed by atoms with E-state index in [0.29, 0.717) is 16.8 Å². The Labute approximate surface area is 122 Å². The Morgan fingerprint density at radius 1 is 1.35 bits per heavy atom. The first-order chi connectivity index (χ1) is 9.49. The van der Waals surface area contributed by atoms with Crippen LogP contribution in [0.3, 0.4) is 0 Å². The number of pyridine rings is 1. The molecule has 0 aliphatic heterocycles. The second kappa shape index (κ2) is 4.95. The summed E-state index contributed by atoms with van der Waals surface area (Å²) in [6, 6.07) is 5.43. The molecule has 0 saturated heterocycles. The highest BCUT2D eigenvalue weighted by atomic mass is 79.9. The number of aromatic nitrogens is 2. The predicted octanol–water partition coefficient (Wildman–Crippen LogP) is 3.76. The van der Waals surface area contributed by atoms with Gasteiger partial charge in [0.05, 0.1) is 5.69 Å². The first kappa shape index (κ1) is 13.7. The lowest BCUT2D eigenvalue weighted by Gasteiger charge is -2.24. The summed E-state index contributed by atoms with van der Waals surface area (Å²) in [5.74, 6) is 0.438. The van der Waals surface area contributed by atoms with Crippen LogP contribution in [0.4, 0.5) is 19.0 Å². The van der Waals surface area contributed by atoms with Crippen LogP contribution < -0.4 is 4.90 Å². The lowest BCUT2D eigenvalue weighted by molar-refractivity contribution is -0.120. The average Bonchev–Trinajstić information content (AvgIpc) is 3.15. The molecular formula is C13H13BrF3N3. The third-order valence-corrected chi connectivity index (χ3v) is 3.87. The zero-order chi connectivity index (χ0) is 14.3. The van der Waals surface area contributed by atoms with E-state index < -0.39 is 12.7 Å². The largest absolute Gasteiger partial charge is 0.405 e. The van der Waals surface area contributed by atoms with E-state index >= 15 is 0 Å². The zero-order valence-electron chi connectivity index (χ0n) is 10.6. The fourth-order valence-corrected chi connectivity index (χ4v) is 2.87. The standard InChI is InChI=1S/C13H13BrF3N3/c14-7-10-12(18-11-3-1-2-6-19(10)11)20(9-4-5-9)8-13(15,16)17/h1-3,6,9H,4-5,7-8H2. The Balaban J connectivity index is 2.06. The van der Waals surface area contributed by atoms with Gasteiger partial charge in [-0.3, -0.25) is 0 Å². The van der Waals surface area contributed by atoms with Crippen molar-refractivity contribution in [3.05, 3.63) is 30.1 Å². The van der Waals surface area contributed by atoms with Gasteiger partial charge in [0, 0.05) is 17.6 Å². The third-order valence-electron chi connectivity index (χ3n) is 3.34. The quantitative estimate of drug-likeness (QED) is 0.785. The van der Waals surface area contributed by atoms with E-state index in [2.05, 4.69) is 20.9 Å². The number of imidazole rings is 1. The molecule has 0 amide bonds. The maximum Gasteiger partial charge on any atom is 0.405 e. The summed E-state index contributed by atoms with van der Waals surface area (Å²) in [6.45, 7) is -0.943. The molecule has 20 heavy (non-hydrogen) atoms. The number of hydrogen-bond acceptors (Lipinski definition) is 2. The summed E-state index contributed by atoms with van der Waals surface area (Å²) in [7, 11) is 0. The fraction of sp³-hybridized carbons (Fsp3) is 0.462. The van der Waals surface area contributed by atoms with E-state index in [1.807, 2.05) is 22.7 Å². The Bertz CT molecular complexity index is 619. The number of rotatable bonds is 4. The summed E-state index contributed by atoms with van der Waals surface area (Å²) in [4.78, 5) is 5.78. The van der Waals surface area contributed by atoms with Crippen molar-refractivity contribution in [2.75, 3.05) is 11.4 Å². The summed E-state index contributed by atoms with van der Waals surface area (Å²) in [5.41, 5.74) is 1.43. The molecule has 3 nitrogen and oxygen atoms in total. The lowest BCUT2D eigenvalue weighted by Crippen LogP contribution is -2.36. The van der Waals surface area contributed by atoms with Gasteiger partial charge in [-0.05, 0) is 25.0 Å². The van der Waals surface area contributed by atoms with Gasteiger partial charge >= 0.3 is 6.18 Å². The highest BCUT2D eigenvalue weighted by Crippen LogP contribution is 2.36. The van der Waals surface area contributed by atoms with Crippen molar-refractivity contribution in [2.24, 2.45) is 0 Å². The Kier molecular flexibility index (Phi) is 3.40. The molecule has 1 fully saturated rings. The monoisotopic (exact) mass is 347 g/mol. The van der Waals surface area contributed by atoms with Crippen molar-refractivity contribution in [1.29, 1.82) is 0 Å². The van der Waals surface area contributed by atoms with Crippen LogP contribution in [0.15, 0.2) is 24.4 Å². The molecular weight excluding hydrogens is 335 g/mol. The first-order valence-electron chi connectivity index (χ1n) is 6.35. The molecule has 3 rings (SSSR count). The smallest absolute Gasteiger partial charge is 0.343 e. The van der Waals surface area contributed by atoms with E-state index in [-0.39, 0.29) is 6.04 Å². The zero-order valence-corrected chi connectivity index (χ0v) is 12.2. The molecule has 0 atom stereocenters. The van der Waals surface area contributed by atoms with Crippen LogP contribution in [0.2, 0.25) is 0 Å². The van der Waals surface area contributed by atoms with Crippen molar-refractivity contribution in [3.8, 4) is 0 Å². The van der Waals surface area contributed by atoms with Gasteiger partial charge in [-0.25, -0.2) is 4.98 Å². The molecule has 0 spiro atoms. The molecule has 1 aliphatic carbocycles. The van der Waals surface area contributed by atoms with E-state index in [0.717, 1.165) is 18.5 Å². The minimum Gasteiger partial charge on any atom is -0.343 e. The first-order valence-corrected chi connectivity index (χ1v) is 7.47. The van der Waals surface area contributed by atoms with Gasteiger partial charge in [-0.2, -0.15) is 13.2 Å². The third kappa shape index (κ3) is 2.63. The number of alkyl halides is 4. The molecule has 1 aliphatic rings. The number of nitrogens with zero attached hydrogens (tertiary/aromatic N) is 3. The van der Waals surface area contributed by atoms with Crippen molar-refractivity contribution in [1.82, 2.24) is 9.38 Å². The second-order valence-electron chi connectivity index (χ2n) is 4.92. The maximum atomic E-state index is 12.8. The Morgan fingerprint density at radius 2 is 2.10 bits per heavy atom. The van der Waals surface area contributed by atoms with Crippen LogP contribution in [0.25, 0.3) is 5.65 Å². The molecule has 2 heterocycles. The molecule has 7 heteroatoms. The predicted molar refractivity (Wildman–Crippen MR) is 74.2 cm³/mol. The van der Waals surface area contributed by atoms with E-state index in [4.69, 9.17) is 0 Å². The van der Waals surface area contributed by atoms with Gasteiger partial charge in [-0.1, -0.05) is 22.0 Å². The maximum absolute atomic E-state index is 12.8. The summed E-state index contributed by atoms with van der Waals surface area (Å²) in [5, 5.41) is 0.467. The van der Waals surface area contributed by atoms with Crippen molar-refractivity contribution >= 4 is 27.4 Å². The lowest BCUT2D eigenvalue weighted by atomic mass is 10.3. The molecule has 0 radical (unpaired) electrons. The van der Waals surface area contributed by atoms with Gasteiger partial charge < -0.3 is 9.30 Å². The normalized spacial score (nSPS) is 15.8. The minimum atomic E-state index is -4.22. The van der Waals surface area contributed by atoms with Gasteiger partial charge in [0.25, 0.3) is 0 Å². The topological polar surface area (TPSA) is 20.5 Å². The Morgan fingerprint density at radius 3 is 2.70 bits per heavy atom. The van der Waals surface area contributed by atoms with Crippen LogP contribution in [-0.4, -0.2) is 28.1 Å². The Hall–Kier alpha value is -1.24. The van der Waals surface area contributed by atoms with E-state index in [1.54, 1.807) is 6.07 Å². The van der Waals surface area contributed by atoms with Crippen LogP contribution in [-0.2, 0) is 5.33 Å². The number of hydrogen-bond donors (Lipinski definition) is 0. The fourth-order valence-electron chi connectivity index (χ4n) is 2.34.